The highest BCUT2D eigenvalue weighted by atomic mass is 35.5. The standard InChI is InChI=1S/C15H22ClNO2/c1-12-6-8-17(9-7-12)10-14(18)11-19-15-4-2-13(16)3-5-15/h2-5,12,14,18H,6-11H2,1H3. The van der Waals surface area contributed by atoms with Gasteiger partial charge in [-0.05, 0) is 56.1 Å². The Kier molecular flexibility index (Phi) is 5.49. The molecule has 1 aromatic rings. The predicted octanol–water partition coefficient (Wildman–Crippen LogP) is 2.81. The van der Waals surface area contributed by atoms with Crippen LogP contribution >= 0.6 is 11.6 Å². The highest BCUT2D eigenvalue weighted by molar-refractivity contribution is 6.30. The molecule has 0 amide bonds. The summed E-state index contributed by atoms with van der Waals surface area (Å²) >= 11 is 5.80. The minimum Gasteiger partial charge on any atom is -0.491 e. The maximum Gasteiger partial charge on any atom is 0.119 e. The minimum atomic E-state index is -0.441. The first-order valence-electron chi connectivity index (χ1n) is 6.92. The Bertz CT molecular complexity index is 374. The van der Waals surface area contributed by atoms with Gasteiger partial charge in [-0.3, -0.25) is 0 Å². The molecule has 1 aromatic carbocycles. The topological polar surface area (TPSA) is 32.7 Å². The van der Waals surface area contributed by atoms with E-state index in [4.69, 9.17) is 16.3 Å². The van der Waals surface area contributed by atoms with Crippen LogP contribution in [0.4, 0.5) is 0 Å². The number of piperidine rings is 1. The van der Waals surface area contributed by atoms with Crippen LogP contribution in [0.1, 0.15) is 19.8 Å². The van der Waals surface area contributed by atoms with Gasteiger partial charge in [0, 0.05) is 11.6 Å². The van der Waals surface area contributed by atoms with Crippen molar-refractivity contribution in [2.45, 2.75) is 25.9 Å². The Morgan fingerprint density at radius 1 is 1.32 bits per heavy atom. The monoisotopic (exact) mass is 283 g/mol. The van der Waals surface area contributed by atoms with Gasteiger partial charge < -0.3 is 14.7 Å². The summed E-state index contributed by atoms with van der Waals surface area (Å²) in [4.78, 5) is 2.32. The molecule has 0 bridgehead atoms. The lowest BCUT2D eigenvalue weighted by Crippen LogP contribution is -2.40. The lowest BCUT2D eigenvalue weighted by Gasteiger charge is -2.31. The molecule has 0 aliphatic carbocycles. The number of rotatable bonds is 5. The summed E-state index contributed by atoms with van der Waals surface area (Å²) in [5.74, 6) is 1.56. The number of hydrogen-bond acceptors (Lipinski definition) is 3. The first-order chi connectivity index (χ1) is 9.13. The van der Waals surface area contributed by atoms with E-state index >= 15 is 0 Å². The maximum atomic E-state index is 9.99. The number of aliphatic hydroxyl groups is 1. The summed E-state index contributed by atoms with van der Waals surface area (Å²) in [6, 6.07) is 7.21. The van der Waals surface area contributed by atoms with Crippen LogP contribution in [-0.4, -0.2) is 42.4 Å². The molecule has 1 unspecified atom stereocenters. The number of halogens is 1. The maximum absolute atomic E-state index is 9.99. The van der Waals surface area contributed by atoms with Crippen LogP contribution in [0, 0.1) is 5.92 Å². The fourth-order valence-electron chi connectivity index (χ4n) is 2.32. The number of nitrogens with zero attached hydrogens (tertiary/aromatic N) is 1. The van der Waals surface area contributed by atoms with E-state index in [9.17, 15) is 5.11 Å². The first-order valence-corrected chi connectivity index (χ1v) is 7.30. The van der Waals surface area contributed by atoms with Crippen LogP contribution < -0.4 is 4.74 Å². The Labute approximate surface area is 120 Å². The van der Waals surface area contributed by atoms with E-state index in [1.807, 2.05) is 12.1 Å². The van der Waals surface area contributed by atoms with Crippen molar-refractivity contribution in [1.29, 1.82) is 0 Å². The molecule has 1 saturated heterocycles. The number of β-amino-alcohol motifs (C(OH)–C–C–N with tert-alkyl or cyclic N) is 1. The number of likely N-dealkylation sites (tertiary alicyclic amines) is 1. The van der Waals surface area contributed by atoms with E-state index in [0.29, 0.717) is 18.2 Å². The highest BCUT2D eigenvalue weighted by Crippen LogP contribution is 2.17. The van der Waals surface area contributed by atoms with Gasteiger partial charge in [0.1, 0.15) is 18.5 Å². The van der Waals surface area contributed by atoms with Gasteiger partial charge in [0.05, 0.1) is 0 Å². The Hall–Kier alpha value is -0.770. The molecule has 1 N–H and O–H groups in total. The van der Waals surface area contributed by atoms with Crippen molar-refractivity contribution in [3.8, 4) is 5.75 Å². The average molecular weight is 284 g/mol. The Morgan fingerprint density at radius 3 is 2.58 bits per heavy atom. The first kappa shape index (κ1) is 14.6. The van der Waals surface area contributed by atoms with E-state index < -0.39 is 6.10 Å². The van der Waals surface area contributed by atoms with Gasteiger partial charge in [-0.25, -0.2) is 0 Å². The fraction of sp³-hybridized carbons (Fsp3) is 0.600. The number of benzene rings is 1. The van der Waals surface area contributed by atoms with Crippen molar-refractivity contribution in [1.82, 2.24) is 4.90 Å². The molecule has 0 radical (unpaired) electrons. The lowest BCUT2D eigenvalue weighted by molar-refractivity contribution is 0.0563. The molecular formula is C15H22ClNO2. The zero-order valence-corrected chi connectivity index (χ0v) is 12.1. The molecule has 0 aromatic heterocycles. The van der Waals surface area contributed by atoms with Crippen molar-refractivity contribution in [2.24, 2.45) is 5.92 Å². The van der Waals surface area contributed by atoms with Gasteiger partial charge in [0.25, 0.3) is 0 Å². The molecule has 3 nitrogen and oxygen atoms in total. The third kappa shape index (κ3) is 5.01. The summed E-state index contributed by atoms with van der Waals surface area (Å²) in [6.45, 7) is 5.48. The van der Waals surface area contributed by atoms with Crippen LogP contribution in [0.25, 0.3) is 0 Å². The molecular weight excluding hydrogens is 262 g/mol. The van der Waals surface area contributed by atoms with Gasteiger partial charge in [0.2, 0.25) is 0 Å². The molecule has 1 aliphatic heterocycles. The molecule has 1 heterocycles. The fourth-order valence-corrected chi connectivity index (χ4v) is 2.44. The second-order valence-corrected chi connectivity index (χ2v) is 5.84. The van der Waals surface area contributed by atoms with Crippen LogP contribution in [0.5, 0.6) is 5.75 Å². The van der Waals surface area contributed by atoms with Gasteiger partial charge in [-0.2, -0.15) is 0 Å². The SMILES string of the molecule is CC1CCN(CC(O)COc2ccc(Cl)cc2)CC1. The number of aliphatic hydroxyl groups excluding tert-OH is 1. The minimum absolute atomic E-state index is 0.327. The summed E-state index contributed by atoms with van der Waals surface area (Å²) in [7, 11) is 0. The average Bonchev–Trinajstić information content (AvgIpc) is 2.41. The second-order valence-electron chi connectivity index (χ2n) is 5.40. The van der Waals surface area contributed by atoms with Crippen molar-refractivity contribution >= 4 is 11.6 Å². The van der Waals surface area contributed by atoms with Crippen LogP contribution in [-0.2, 0) is 0 Å². The summed E-state index contributed by atoms with van der Waals surface area (Å²) in [5, 5.41) is 10.7. The van der Waals surface area contributed by atoms with Crippen LogP contribution in [0.3, 0.4) is 0 Å². The largest absolute Gasteiger partial charge is 0.491 e. The summed E-state index contributed by atoms with van der Waals surface area (Å²) < 4.78 is 5.55. The zero-order valence-electron chi connectivity index (χ0n) is 11.4. The van der Waals surface area contributed by atoms with E-state index in [1.165, 1.54) is 12.8 Å². The molecule has 19 heavy (non-hydrogen) atoms. The molecule has 106 valence electrons. The number of ether oxygens (including phenoxy) is 1. The predicted molar refractivity (Wildman–Crippen MR) is 77.8 cm³/mol. The smallest absolute Gasteiger partial charge is 0.119 e. The highest BCUT2D eigenvalue weighted by Gasteiger charge is 2.18. The Balaban J connectivity index is 1.69. The third-order valence-corrected chi connectivity index (χ3v) is 3.85. The van der Waals surface area contributed by atoms with E-state index in [-0.39, 0.29) is 0 Å². The summed E-state index contributed by atoms with van der Waals surface area (Å²) in [6.07, 6.45) is 2.01. The third-order valence-electron chi connectivity index (χ3n) is 3.60. The van der Waals surface area contributed by atoms with Gasteiger partial charge in [-0.15, -0.1) is 0 Å². The molecule has 4 heteroatoms. The normalized spacial score (nSPS) is 19.3. The quantitative estimate of drug-likeness (QED) is 0.902. The van der Waals surface area contributed by atoms with Gasteiger partial charge in [0.15, 0.2) is 0 Å². The molecule has 1 atom stereocenters. The van der Waals surface area contributed by atoms with Crippen molar-refractivity contribution in [3.63, 3.8) is 0 Å². The van der Waals surface area contributed by atoms with Crippen molar-refractivity contribution in [3.05, 3.63) is 29.3 Å². The number of hydrogen-bond donors (Lipinski definition) is 1. The van der Waals surface area contributed by atoms with Crippen LogP contribution in [0.15, 0.2) is 24.3 Å². The lowest BCUT2D eigenvalue weighted by atomic mass is 9.99. The van der Waals surface area contributed by atoms with Gasteiger partial charge in [-0.1, -0.05) is 18.5 Å². The van der Waals surface area contributed by atoms with E-state index in [1.54, 1.807) is 12.1 Å². The van der Waals surface area contributed by atoms with Crippen LogP contribution in [0.2, 0.25) is 5.02 Å². The van der Waals surface area contributed by atoms with Crippen molar-refractivity contribution < 1.29 is 9.84 Å². The van der Waals surface area contributed by atoms with Crippen molar-refractivity contribution in [2.75, 3.05) is 26.2 Å². The molecule has 1 fully saturated rings. The molecule has 2 rings (SSSR count). The zero-order chi connectivity index (χ0) is 13.7. The molecule has 1 aliphatic rings. The van der Waals surface area contributed by atoms with Gasteiger partial charge >= 0.3 is 0 Å². The van der Waals surface area contributed by atoms with E-state index in [0.717, 1.165) is 24.8 Å². The summed E-state index contributed by atoms with van der Waals surface area (Å²) in [5.41, 5.74) is 0. The second kappa shape index (κ2) is 7.13. The van der Waals surface area contributed by atoms with E-state index in [2.05, 4.69) is 11.8 Å². The Morgan fingerprint density at radius 2 is 1.95 bits per heavy atom. The molecule has 0 saturated carbocycles. The molecule has 0 spiro atoms.